The summed E-state index contributed by atoms with van der Waals surface area (Å²) < 4.78 is 6.00. The van der Waals surface area contributed by atoms with E-state index in [4.69, 9.17) is 4.74 Å². The number of likely N-dealkylation sites (tertiary alicyclic amines) is 1. The summed E-state index contributed by atoms with van der Waals surface area (Å²) in [5.74, 6) is 1.61. The van der Waals surface area contributed by atoms with Crippen LogP contribution in [0.1, 0.15) is 49.7 Å². The van der Waals surface area contributed by atoms with E-state index in [-0.39, 0.29) is 22.5 Å². The van der Waals surface area contributed by atoms with Crippen LogP contribution in [0, 0.1) is 11.1 Å². The van der Waals surface area contributed by atoms with Crippen molar-refractivity contribution in [3.63, 3.8) is 0 Å². The number of aliphatic hydroxyl groups is 1. The van der Waals surface area contributed by atoms with E-state index in [0.717, 1.165) is 42.6 Å². The van der Waals surface area contributed by atoms with Gasteiger partial charge in [0.05, 0.1) is 18.5 Å². The molecule has 0 aromatic heterocycles. The molecular weight excluding hydrogens is 318 g/mol. The van der Waals surface area contributed by atoms with E-state index in [1.807, 2.05) is 6.07 Å². The maximum Gasteiger partial charge on any atom is 0.130 e. The van der Waals surface area contributed by atoms with E-state index in [0.29, 0.717) is 38.3 Å². The molecule has 0 radical (unpaired) electrons. The lowest BCUT2D eigenvalue weighted by molar-refractivity contribution is -0.924. The van der Waals surface area contributed by atoms with Gasteiger partial charge in [-0.05, 0) is 44.2 Å². The molecule has 1 spiro atoms. The largest absolute Gasteiger partial charge is 0.632 e. The fourth-order valence-corrected chi connectivity index (χ4v) is 6.77. The molecule has 0 amide bonds. The van der Waals surface area contributed by atoms with E-state index in [1.165, 1.54) is 0 Å². The Balaban J connectivity index is 1.59. The minimum atomic E-state index is -1.00. The number of quaternary nitrogens is 1. The molecule has 2 N–H and O–H groups in total. The molecule has 3 unspecified atom stereocenters. The van der Waals surface area contributed by atoms with Crippen LogP contribution in [0.25, 0.3) is 0 Å². The Hall–Kier alpha value is -1.30. The first-order chi connectivity index (χ1) is 12.0. The van der Waals surface area contributed by atoms with Crippen molar-refractivity contribution < 1.29 is 19.6 Å². The van der Waals surface area contributed by atoms with E-state index in [2.05, 4.69) is 0 Å². The molecule has 2 saturated carbocycles. The molecule has 134 valence electrons. The Morgan fingerprint density at radius 3 is 2.88 bits per heavy atom. The molecule has 6 rings (SSSR count). The van der Waals surface area contributed by atoms with Gasteiger partial charge >= 0.3 is 0 Å². The van der Waals surface area contributed by atoms with Crippen molar-refractivity contribution in [2.45, 2.75) is 68.1 Å². The van der Waals surface area contributed by atoms with Crippen molar-refractivity contribution in [1.82, 2.24) is 0 Å². The summed E-state index contributed by atoms with van der Waals surface area (Å²) in [6, 6.07) is 3.17. The summed E-state index contributed by atoms with van der Waals surface area (Å²) in [5, 5.41) is 36.4. The second-order valence-electron chi connectivity index (χ2n) is 9.10. The number of nitrogens with zero attached hydrogens (tertiary/aromatic N) is 1. The predicted molar refractivity (Wildman–Crippen MR) is 91.2 cm³/mol. The summed E-state index contributed by atoms with van der Waals surface area (Å²) >= 11 is 0. The van der Waals surface area contributed by atoms with Gasteiger partial charge in [0.25, 0.3) is 0 Å². The van der Waals surface area contributed by atoms with Gasteiger partial charge in [0, 0.05) is 29.9 Å². The number of ether oxygens (including phenoxy) is 1. The number of piperidine rings is 1. The third-order valence-corrected chi connectivity index (χ3v) is 7.98. The number of rotatable bonds is 2. The van der Waals surface area contributed by atoms with Crippen LogP contribution < -0.4 is 4.74 Å². The minimum Gasteiger partial charge on any atom is -0.632 e. The first kappa shape index (κ1) is 14.8. The topological polar surface area (TPSA) is 72.8 Å². The van der Waals surface area contributed by atoms with Gasteiger partial charge in [-0.25, -0.2) is 0 Å². The Morgan fingerprint density at radius 2 is 2.08 bits per heavy atom. The van der Waals surface area contributed by atoms with Gasteiger partial charge in [0.15, 0.2) is 0 Å². The fraction of sp³-hybridized carbons (Fsp3) is 0.700. The zero-order chi connectivity index (χ0) is 17.0. The molecule has 5 nitrogen and oxygen atoms in total. The monoisotopic (exact) mass is 343 g/mol. The van der Waals surface area contributed by atoms with Crippen LogP contribution in [-0.2, 0) is 11.8 Å². The maximum absolute atomic E-state index is 13.9. The zero-order valence-corrected chi connectivity index (χ0v) is 14.4. The quantitative estimate of drug-likeness (QED) is 0.639. The first-order valence-corrected chi connectivity index (χ1v) is 9.80. The molecule has 25 heavy (non-hydrogen) atoms. The van der Waals surface area contributed by atoms with Gasteiger partial charge in [-0.3, -0.25) is 0 Å². The lowest BCUT2D eigenvalue weighted by atomic mass is 9.49. The molecule has 5 atom stereocenters. The van der Waals surface area contributed by atoms with Gasteiger partial charge in [-0.1, -0.05) is 0 Å². The third kappa shape index (κ3) is 1.57. The number of phenolic OH excluding ortho intramolecular Hbond substituents is 1. The summed E-state index contributed by atoms with van der Waals surface area (Å²) in [4.78, 5) is 0. The van der Waals surface area contributed by atoms with Gasteiger partial charge in [-0.15, -0.1) is 0 Å². The van der Waals surface area contributed by atoms with Crippen molar-refractivity contribution in [2.24, 2.45) is 5.92 Å². The van der Waals surface area contributed by atoms with Crippen LogP contribution in [0.2, 0.25) is 0 Å². The number of hydrogen-bond donors (Lipinski definition) is 2. The Labute approximate surface area is 147 Å². The van der Waals surface area contributed by atoms with Crippen molar-refractivity contribution in [3.05, 3.63) is 28.5 Å². The van der Waals surface area contributed by atoms with Crippen LogP contribution in [0.5, 0.6) is 11.5 Å². The highest BCUT2D eigenvalue weighted by Gasteiger charge is 2.74. The minimum absolute atomic E-state index is 0.0562. The molecule has 5 aliphatic rings. The summed E-state index contributed by atoms with van der Waals surface area (Å²) in [5.41, 5.74) is 0.392. The normalized spacial score (nSPS) is 46.5. The summed E-state index contributed by atoms with van der Waals surface area (Å²) in [6.45, 7) is 1.20. The van der Waals surface area contributed by atoms with Crippen molar-refractivity contribution in [2.75, 3.05) is 13.1 Å². The van der Waals surface area contributed by atoms with E-state index in [9.17, 15) is 15.4 Å². The third-order valence-electron chi connectivity index (χ3n) is 7.98. The number of hydrogen-bond acceptors (Lipinski definition) is 4. The van der Waals surface area contributed by atoms with Gasteiger partial charge in [-0.2, -0.15) is 0 Å². The Kier molecular flexibility index (Phi) is 2.57. The Morgan fingerprint density at radius 1 is 1.24 bits per heavy atom. The smallest absolute Gasteiger partial charge is 0.130 e. The van der Waals surface area contributed by atoms with Gasteiger partial charge < -0.3 is 24.8 Å². The highest BCUT2D eigenvalue weighted by molar-refractivity contribution is 5.60. The number of hydroxylamine groups is 3. The van der Waals surface area contributed by atoms with E-state index >= 15 is 0 Å². The second-order valence-corrected chi connectivity index (χ2v) is 9.10. The predicted octanol–water partition coefficient (Wildman–Crippen LogP) is 2.36. The van der Waals surface area contributed by atoms with Crippen LogP contribution in [0.3, 0.4) is 0 Å². The fourth-order valence-electron chi connectivity index (χ4n) is 6.77. The lowest BCUT2D eigenvalue weighted by Crippen LogP contribution is -2.79. The SMILES string of the molecule is [O-][N@@+]1(CC2CC2)CC[C@@]23c4c5ccc(O)c4CC1C2(O)CCCC3O5. The van der Waals surface area contributed by atoms with Crippen LogP contribution in [0.15, 0.2) is 12.1 Å². The second kappa shape index (κ2) is 4.33. The van der Waals surface area contributed by atoms with E-state index in [1.54, 1.807) is 6.07 Å². The molecule has 3 fully saturated rings. The molecule has 1 aromatic carbocycles. The number of phenols is 1. The summed E-state index contributed by atoms with van der Waals surface area (Å²) in [7, 11) is 0. The van der Waals surface area contributed by atoms with E-state index < -0.39 is 11.0 Å². The standard InChI is InChI=1S/C20H25NO4/c22-14-5-6-15-18-13(14)10-16-20(23)7-1-2-17(25-15)19(18,20)8-9-21(16,24)11-12-3-4-12/h5-6,12,16-17,22-23H,1-4,7-11H2/t16?,17?,19-,20?,21-/m1/s1. The van der Waals surface area contributed by atoms with Crippen LogP contribution in [-0.4, -0.2) is 45.7 Å². The maximum atomic E-state index is 13.9. The molecule has 2 bridgehead atoms. The van der Waals surface area contributed by atoms with Crippen LogP contribution in [0.4, 0.5) is 0 Å². The number of benzene rings is 1. The van der Waals surface area contributed by atoms with Crippen LogP contribution >= 0.6 is 0 Å². The molecule has 2 aliphatic heterocycles. The zero-order valence-electron chi connectivity index (χ0n) is 14.4. The highest BCUT2D eigenvalue weighted by Crippen LogP contribution is 2.66. The average molecular weight is 343 g/mol. The molecule has 3 aliphatic carbocycles. The van der Waals surface area contributed by atoms with Crippen molar-refractivity contribution >= 4 is 0 Å². The van der Waals surface area contributed by atoms with Gasteiger partial charge in [0.1, 0.15) is 29.2 Å². The Bertz CT molecular complexity index is 777. The molecule has 1 saturated heterocycles. The van der Waals surface area contributed by atoms with Crippen molar-refractivity contribution in [3.8, 4) is 11.5 Å². The highest BCUT2D eigenvalue weighted by atomic mass is 16.6. The summed E-state index contributed by atoms with van der Waals surface area (Å²) in [6.07, 6.45) is 5.89. The van der Waals surface area contributed by atoms with Crippen molar-refractivity contribution in [1.29, 1.82) is 0 Å². The molecule has 2 heterocycles. The molecule has 1 aromatic rings. The van der Waals surface area contributed by atoms with Gasteiger partial charge in [0.2, 0.25) is 0 Å². The molecule has 5 heteroatoms. The molecular formula is C20H25NO4. The first-order valence-electron chi connectivity index (χ1n) is 9.80. The lowest BCUT2D eigenvalue weighted by Gasteiger charge is -2.67. The number of aromatic hydroxyl groups is 1. The average Bonchev–Trinajstić information content (AvgIpc) is 3.31.